The highest BCUT2D eigenvalue weighted by Crippen LogP contribution is 2.28. The molecular formula is C14H16N4O2. The SMILES string of the molecule is N#Cc1ccncc1N1CC(C(=O)N2CCOCC2)C1. The van der Waals surface area contributed by atoms with E-state index in [2.05, 4.69) is 11.1 Å². The van der Waals surface area contributed by atoms with Crippen molar-refractivity contribution in [3.05, 3.63) is 24.0 Å². The van der Waals surface area contributed by atoms with E-state index < -0.39 is 0 Å². The van der Waals surface area contributed by atoms with E-state index >= 15 is 0 Å². The molecule has 1 amide bonds. The van der Waals surface area contributed by atoms with Gasteiger partial charge < -0.3 is 14.5 Å². The molecule has 1 aromatic heterocycles. The fourth-order valence-corrected chi connectivity index (χ4v) is 2.61. The number of pyridine rings is 1. The molecule has 0 aliphatic carbocycles. The Morgan fingerprint density at radius 1 is 1.40 bits per heavy atom. The predicted molar refractivity (Wildman–Crippen MR) is 72.1 cm³/mol. The number of nitrogens with zero attached hydrogens (tertiary/aromatic N) is 4. The Morgan fingerprint density at radius 3 is 2.85 bits per heavy atom. The highest BCUT2D eigenvalue weighted by molar-refractivity contribution is 5.82. The van der Waals surface area contributed by atoms with Crippen LogP contribution in [0.1, 0.15) is 5.56 Å². The van der Waals surface area contributed by atoms with Gasteiger partial charge in [0.15, 0.2) is 0 Å². The summed E-state index contributed by atoms with van der Waals surface area (Å²) in [5.74, 6) is 0.229. The van der Waals surface area contributed by atoms with Gasteiger partial charge in [-0.15, -0.1) is 0 Å². The lowest BCUT2D eigenvalue weighted by molar-refractivity contribution is -0.140. The Balaban J connectivity index is 1.61. The molecule has 0 N–H and O–H groups in total. The van der Waals surface area contributed by atoms with Crippen molar-refractivity contribution in [2.75, 3.05) is 44.3 Å². The van der Waals surface area contributed by atoms with E-state index in [-0.39, 0.29) is 11.8 Å². The summed E-state index contributed by atoms with van der Waals surface area (Å²) >= 11 is 0. The minimum Gasteiger partial charge on any atom is -0.378 e. The first-order chi connectivity index (χ1) is 9.79. The Morgan fingerprint density at radius 2 is 2.15 bits per heavy atom. The fraction of sp³-hybridized carbons (Fsp3) is 0.500. The van der Waals surface area contributed by atoms with Gasteiger partial charge in [0.1, 0.15) is 6.07 Å². The van der Waals surface area contributed by atoms with Crippen LogP contribution in [-0.4, -0.2) is 55.2 Å². The number of carbonyl (C=O) groups excluding carboxylic acids is 1. The number of anilines is 1. The van der Waals surface area contributed by atoms with Crippen LogP contribution in [0.4, 0.5) is 5.69 Å². The Kier molecular flexibility index (Phi) is 3.52. The molecule has 2 fully saturated rings. The Hall–Kier alpha value is -2.13. The summed E-state index contributed by atoms with van der Waals surface area (Å²) in [6, 6.07) is 3.86. The van der Waals surface area contributed by atoms with E-state index in [0.717, 1.165) is 5.69 Å². The van der Waals surface area contributed by atoms with Gasteiger partial charge in [-0.2, -0.15) is 5.26 Å². The van der Waals surface area contributed by atoms with Crippen molar-refractivity contribution in [1.82, 2.24) is 9.88 Å². The van der Waals surface area contributed by atoms with Gasteiger partial charge in [-0.25, -0.2) is 0 Å². The predicted octanol–water partition coefficient (Wildman–Crippen LogP) is 0.248. The van der Waals surface area contributed by atoms with Crippen molar-refractivity contribution < 1.29 is 9.53 Å². The molecule has 104 valence electrons. The third-order valence-corrected chi connectivity index (χ3v) is 3.81. The zero-order valence-corrected chi connectivity index (χ0v) is 11.2. The van der Waals surface area contributed by atoms with Crippen molar-refractivity contribution in [1.29, 1.82) is 5.26 Å². The lowest BCUT2D eigenvalue weighted by Gasteiger charge is -2.42. The second kappa shape index (κ2) is 5.47. The van der Waals surface area contributed by atoms with Crippen LogP contribution in [-0.2, 0) is 9.53 Å². The van der Waals surface area contributed by atoms with Gasteiger partial charge >= 0.3 is 0 Å². The zero-order valence-electron chi connectivity index (χ0n) is 11.2. The van der Waals surface area contributed by atoms with Crippen LogP contribution in [0.3, 0.4) is 0 Å². The summed E-state index contributed by atoms with van der Waals surface area (Å²) in [7, 11) is 0. The third kappa shape index (κ3) is 2.32. The van der Waals surface area contributed by atoms with E-state index in [1.54, 1.807) is 18.5 Å². The molecule has 0 saturated carbocycles. The van der Waals surface area contributed by atoms with Crippen LogP contribution < -0.4 is 4.90 Å². The standard InChI is InChI=1S/C14H16N4O2/c15-7-11-1-2-16-8-13(11)18-9-12(10-18)14(19)17-3-5-20-6-4-17/h1-2,8,12H,3-6,9-10H2. The van der Waals surface area contributed by atoms with Crippen molar-refractivity contribution in [2.24, 2.45) is 5.92 Å². The van der Waals surface area contributed by atoms with Crippen molar-refractivity contribution >= 4 is 11.6 Å². The highest BCUT2D eigenvalue weighted by atomic mass is 16.5. The van der Waals surface area contributed by atoms with E-state index in [4.69, 9.17) is 10.00 Å². The average molecular weight is 272 g/mol. The first-order valence-corrected chi connectivity index (χ1v) is 6.75. The third-order valence-electron chi connectivity index (χ3n) is 3.81. The maximum Gasteiger partial charge on any atom is 0.229 e. The smallest absolute Gasteiger partial charge is 0.229 e. The number of hydrogen-bond donors (Lipinski definition) is 0. The van der Waals surface area contributed by atoms with Gasteiger partial charge in [-0.3, -0.25) is 9.78 Å². The molecule has 6 nitrogen and oxygen atoms in total. The molecule has 0 unspecified atom stereocenters. The lowest BCUT2D eigenvalue weighted by atomic mass is 9.96. The van der Waals surface area contributed by atoms with Crippen LogP contribution in [0.15, 0.2) is 18.5 Å². The largest absolute Gasteiger partial charge is 0.378 e. The molecule has 0 aromatic carbocycles. The van der Waals surface area contributed by atoms with Crippen LogP contribution in [0.5, 0.6) is 0 Å². The van der Waals surface area contributed by atoms with Crippen LogP contribution in [0, 0.1) is 17.2 Å². The van der Waals surface area contributed by atoms with E-state index in [1.807, 2.05) is 9.80 Å². The van der Waals surface area contributed by atoms with Crippen molar-refractivity contribution in [3.63, 3.8) is 0 Å². The van der Waals surface area contributed by atoms with Crippen LogP contribution in [0.2, 0.25) is 0 Å². The van der Waals surface area contributed by atoms with Crippen molar-refractivity contribution in [3.8, 4) is 6.07 Å². The first-order valence-electron chi connectivity index (χ1n) is 6.75. The van der Waals surface area contributed by atoms with Crippen LogP contribution in [0.25, 0.3) is 0 Å². The molecule has 2 aliphatic heterocycles. The fourth-order valence-electron chi connectivity index (χ4n) is 2.61. The minimum absolute atomic E-state index is 0.0276. The highest BCUT2D eigenvalue weighted by Gasteiger charge is 2.36. The van der Waals surface area contributed by atoms with E-state index in [9.17, 15) is 4.79 Å². The van der Waals surface area contributed by atoms with Gasteiger partial charge in [0.25, 0.3) is 0 Å². The molecule has 0 radical (unpaired) electrons. The Labute approximate surface area is 117 Å². The van der Waals surface area contributed by atoms with Gasteiger partial charge in [-0.05, 0) is 6.07 Å². The molecule has 1 aromatic rings. The number of rotatable bonds is 2. The molecule has 0 atom stereocenters. The topological polar surface area (TPSA) is 69.5 Å². The second-order valence-corrected chi connectivity index (χ2v) is 5.04. The molecule has 0 bridgehead atoms. The first kappa shape index (κ1) is 12.9. The normalized spacial score (nSPS) is 19.4. The van der Waals surface area contributed by atoms with Gasteiger partial charge in [0, 0.05) is 32.4 Å². The van der Waals surface area contributed by atoms with Gasteiger partial charge in [0.05, 0.1) is 36.6 Å². The number of ether oxygens (including phenoxy) is 1. The second-order valence-electron chi connectivity index (χ2n) is 5.04. The lowest BCUT2D eigenvalue weighted by Crippen LogP contribution is -2.56. The number of carbonyl (C=O) groups is 1. The summed E-state index contributed by atoms with van der Waals surface area (Å²) in [6.07, 6.45) is 3.30. The molecule has 20 heavy (non-hydrogen) atoms. The number of amides is 1. The van der Waals surface area contributed by atoms with Gasteiger partial charge in [-0.1, -0.05) is 0 Å². The maximum atomic E-state index is 12.3. The molecule has 3 heterocycles. The number of nitriles is 1. The molecule has 6 heteroatoms. The molecule has 0 spiro atoms. The summed E-state index contributed by atoms with van der Waals surface area (Å²) < 4.78 is 5.25. The van der Waals surface area contributed by atoms with Gasteiger partial charge in [0.2, 0.25) is 5.91 Å². The summed E-state index contributed by atoms with van der Waals surface area (Å²) in [5, 5.41) is 9.07. The quantitative estimate of drug-likeness (QED) is 0.772. The molecule has 2 aliphatic rings. The molecule has 2 saturated heterocycles. The molecule has 3 rings (SSSR count). The maximum absolute atomic E-state index is 12.3. The molecular weight excluding hydrogens is 256 g/mol. The zero-order chi connectivity index (χ0) is 13.9. The number of morpholine rings is 1. The Bertz CT molecular complexity index is 542. The average Bonchev–Trinajstić information content (AvgIpc) is 2.47. The monoisotopic (exact) mass is 272 g/mol. The van der Waals surface area contributed by atoms with E-state index in [0.29, 0.717) is 45.0 Å². The summed E-state index contributed by atoms with van der Waals surface area (Å²) in [6.45, 7) is 3.96. The van der Waals surface area contributed by atoms with E-state index in [1.165, 1.54) is 0 Å². The summed E-state index contributed by atoms with van der Waals surface area (Å²) in [4.78, 5) is 20.2. The van der Waals surface area contributed by atoms with Crippen molar-refractivity contribution in [2.45, 2.75) is 0 Å². The number of aromatic nitrogens is 1. The van der Waals surface area contributed by atoms with Crippen LogP contribution >= 0.6 is 0 Å². The minimum atomic E-state index is 0.0276. The summed E-state index contributed by atoms with van der Waals surface area (Å²) in [5.41, 5.74) is 1.43. The number of hydrogen-bond acceptors (Lipinski definition) is 5.